The lowest BCUT2D eigenvalue weighted by Crippen LogP contribution is -2.53. The number of likely N-dealkylation sites (tertiary alicyclic amines) is 1. The highest BCUT2D eigenvalue weighted by molar-refractivity contribution is 6.35. The molecule has 0 spiro atoms. The second kappa shape index (κ2) is 9.67. The van der Waals surface area contributed by atoms with E-state index in [4.69, 9.17) is 27.9 Å². The van der Waals surface area contributed by atoms with Gasteiger partial charge >= 0.3 is 0 Å². The molecular formula is C22H30Cl2N2O3. The average molecular weight is 441 g/mol. The molecule has 2 aliphatic rings. The lowest BCUT2D eigenvalue weighted by molar-refractivity contribution is -0.146. The molecule has 1 aromatic rings. The fourth-order valence-corrected chi connectivity index (χ4v) is 5.21. The van der Waals surface area contributed by atoms with Gasteiger partial charge in [-0.1, -0.05) is 29.3 Å². The van der Waals surface area contributed by atoms with Crippen LogP contribution in [0.1, 0.15) is 45.1 Å². The Bertz CT molecular complexity index is 738. The molecule has 2 fully saturated rings. The van der Waals surface area contributed by atoms with Crippen molar-refractivity contribution in [3.05, 3.63) is 33.8 Å². The van der Waals surface area contributed by atoms with E-state index in [1.807, 2.05) is 29.7 Å². The van der Waals surface area contributed by atoms with E-state index in [1.54, 1.807) is 12.1 Å². The highest BCUT2D eigenvalue weighted by atomic mass is 35.5. The first-order valence-corrected chi connectivity index (χ1v) is 11.3. The van der Waals surface area contributed by atoms with Gasteiger partial charge < -0.3 is 14.5 Å². The second-order valence-corrected chi connectivity index (χ2v) is 8.74. The van der Waals surface area contributed by atoms with Gasteiger partial charge in [-0.05, 0) is 57.2 Å². The Morgan fingerprint density at radius 2 is 1.76 bits per heavy atom. The molecule has 0 aliphatic carbocycles. The largest absolute Gasteiger partial charge is 0.381 e. The van der Waals surface area contributed by atoms with Crippen LogP contribution < -0.4 is 0 Å². The minimum atomic E-state index is -0.685. The van der Waals surface area contributed by atoms with Gasteiger partial charge in [-0.15, -0.1) is 0 Å². The summed E-state index contributed by atoms with van der Waals surface area (Å²) in [7, 11) is 0. The molecule has 0 saturated carbocycles. The molecule has 7 heteroatoms. The first-order chi connectivity index (χ1) is 13.9. The summed E-state index contributed by atoms with van der Waals surface area (Å²) in [4.78, 5) is 30.2. The molecule has 29 heavy (non-hydrogen) atoms. The van der Waals surface area contributed by atoms with E-state index in [2.05, 4.69) is 0 Å². The van der Waals surface area contributed by atoms with Crippen molar-refractivity contribution < 1.29 is 14.3 Å². The molecule has 2 aliphatic heterocycles. The van der Waals surface area contributed by atoms with Crippen molar-refractivity contribution in [3.63, 3.8) is 0 Å². The average Bonchev–Trinajstić information content (AvgIpc) is 2.74. The number of nitrogens with zero attached hydrogens (tertiary/aromatic N) is 2. The van der Waals surface area contributed by atoms with Gasteiger partial charge in [0.15, 0.2) is 0 Å². The molecule has 0 atom stereocenters. The molecule has 160 valence electrons. The summed E-state index contributed by atoms with van der Waals surface area (Å²) in [5, 5.41) is 1.09. The van der Waals surface area contributed by atoms with Gasteiger partial charge in [0.25, 0.3) is 0 Å². The van der Waals surface area contributed by atoms with Crippen LogP contribution in [0.4, 0.5) is 0 Å². The Morgan fingerprint density at radius 1 is 1.14 bits per heavy atom. The highest BCUT2D eigenvalue weighted by Gasteiger charge is 2.46. The minimum Gasteiger partial charge on any atom is -0.381 e. The molecule has 0 N–H and O–H groups in total. The second-order valence-electron chi connectivity index (χ2n) is 7.90. The summed E-state index contributed by atoms with van der Waals surface area (Å²) in [6.45, 7) is 7.73. The quantitative estimate of drug-likeness (QED) is 0.690. The number of piperidine rings is 1. The zero-order valence-corrected chi connectivity index (χ0v) is 18.8. The Morgan fingerprint density at radius 3 is 2.31 bits per heavy atom. The highest BCUT2D eigenvalue weighted by Crippen LogP contribution is 2.41. The van der Waals surface area contributed by atoms with Gasteiger partial charge in [0.05, 0.1) is 5.41 Å². The summed E-state index contributed by atoms with van der Waals surface area (Å²) in [6.07, 6.45) is 2.63. The van der Waals surface area contributed by atoms with Gasteiger partial charge in [0.2, 0.25) is 11.8 Å². The van der Waals surface area contributed by atoms with E-state index in [-0.39, 0.29) is 17.7 Å². The van der Waals surface area contributed by atoms with E-state index >= 15 is 0 Å². The summed E-state index contributed by atoms with van der Waals surface area (Å²) >= 11 is 12.6. The zero-order chi connectivity index (χ0) is 21.0. The molecule has 5 nitrogen and oxygen atoms in total. The Labute approximate surface area is 183 Å². The summed E-state index contributed by atoms with van der Waals surface area (Å²) < 4.78 is 5.56. The van der Waals surface area contributed by atoms with E-state index in [0.717, 1.165) is 18.7 Å². The normalized spacial score (nSPS) is 19.8. The van der Waals surface area contributed by atoms with Crippen molar-refractivity contribution >= 4 is 35.0 Å². The third-order valence-corrected chi connectivity index (χ3v) is 6.96. The zero-order valence-electron chi connectivity index (χ0n) is 17.3. The number of amides is 2. The third-order valence-electron chi connectivity index (χ3n) is 6.41. The molecule has 0 aromatic heterocycles. The Balaban J connectivity index is 1.77. The third kappa shape index (κ3) is 4.57. The van der Waals surface area contributed by atoms with Crippen molar-refractivity contribution in [1.29, 1.82) is 0 Å². The molecule has 0 unspecified atom stereocenters. The van der Waals surface area contributed by atoms with Crippen LogP contribution in [0.3, 0.4) is 0 Å². The number of carbonyl (C=O) groups excluding carboxylic acids is 2. The van der Waals surface area contributed by atoms with Crippen LogP contribution in [-0.4, -0.2) is 61.0 Å². The number of rotatable bonds is 5. The first kappa shape index (κ1) is 22.4. The smallest absolute Gasteiger partial charge is 0.233 e. The van der Waals surface area contributed by atoms with Crippen molar-refractivity contribution in [1.82, 2.24) is 9.80 Å². The van der Waals surface area contributed by atoms with E-state index in [9.17, 15) is 9.59 Å². The monoisotopic (exact) mass is 440 g/mol. The van der Waals surface area contributed by atoms with Crippen molar-refractivity contribution in [2.24, 2.45) is 5.92 Å². The van der Waals surface area contributed by atoms with Crippen LogP contribution in [0.15, 0.2) is 18.2 Å². The molecule has 2 heterocycles. The van der Waals surface area contributed by atoms with Gasteiger partial charge in [0, 0.05) is 55.4 Å². The SMILES string of the molecule is CCN(CC)C(=O)C1CCN(C(=O)C2(c3ccc(Cl)cc3Cl)CCOCC2)CC1. The predicted molar refractivity (Wildman–Crippen MR) is 115 cm³/mol. The van der Waals surface area contributed by atoms with Crippen LogP contribution in [0.25, 0.3) is 0 Å². The first-order valence-electron chi connectivity index (χ1n) is 10.5. The number of benzene rings is 1. The van der Waals surface area contributed by atoms with Crippen LogP contribution in [0.5, 0.6) is 0 Å². The topological polar surface area (TPSA) is 49.9 Å². The standard InChI is InChI=1S/C22H30Cl2N2O3/c1-3-25(4-2)20(27)16-7-11-26(12-8-16)21(28)22(9-13-29-14-10-22)18-6-5-17(23)15-19(18)24/h5-6,15-16H,3-4,7-14H2,1-2H3. The maximum atomic E-state index is 13.7. The molecule has 0 radical (unpaired) electrons. The van der Waals surface area contributed by atoms with Crippen LogP contribution >= 0.6 is 23.2 Å². The van der Waals surface area contributed by atoms with Gasteiger partial charge in [0.1, 0.15) is 0 Å². The van der Waals surface area contributed by atoms with E-state index in [1.165, 1.54) is 0 Å². The minimum absolute atomic E-state index is 0.00343. The van der Waals surface area contributed by atoms with Gasteiger partial charge in [-0.2, -0.15) is 0 Å². The fraction of sp³-hybridized carbons (Fsp3) is 0.636. The fourth-order valence-electron chi connectivity index (χ4n) is 4.62. The summed E-state index contributed by atoms with van der Waals surface area (Å²) in [6, 6.07) is 5.38. The molecule has 0 bridgehead atoms. The number of carbonyl (C=O) groups is 2. The van der Waals surface area contributed by atoms with Crippen molar-refractivity contribution in [3.8, 4) is 0 Å². The van der Waals surface area contributed by atoms with Crippen LogP contribution in [-0.2, 0) is 19.7 Å². The summed E-state index contributed by atoms with van der Waals surface area (Å²) in [5.41, 5.74) is 0.147. The number of halogens is 2. The van der Waals surface area contributed by atoms with Crippen LogP contribution in [0, 0.1) is 5.92 Å². The lowest BCUT2D eigenvalue weighted by Gasteiger charge is -2.43. The number of hydrogen-bond donors (Lipinski definition) is 0. The molecule has 1 aromatic carbocycles. The van der Waals surface area contributed by atoms with Crippen molar-refractivity contribution in [2.75, 3.05) is 39.4 Å². The van der Waals surface area contributed by atoms with Crippen LogP contribution in [0.2, 0.25) is 10.0 Å². The maximum Gasteiger partial charge on any atom is 0.233 e. The Hall–Kier alpha value is -1.30. The predicted octanol–water partition coefficient (Wildman–Crippen LogP) is 4.15. The molecule has 3 rings (SSSR count). The van der Waals surface area contributed by atoms with E-state index < -0.39 is 5.41 Å². The number of ether oxygens (including phenoxy) is 1. The Kier molecular flexibility index (Phi) is 7.47. The lowest BCUT2D eigenvalue weighted by atomic mass is 9.72. The van der Waals surface area contributed by atoms with E-state index in [0.29, 0.717) is 62.0 Å². The van der Waals surface area contributed by atoms with Gasteiger partial charge in [-0.3, -0.25) is 9.59 Å². The number of hydrogen-bond acceptors (Lipinski definition) is 3. The molecule has 2 amide bonds. The molecule has 2 saturated heterocycles. The van der Waals surface area contributed by atoms with Gasteiger partial charge in [-0.25, -0.2) is 0 Å². The molecular weight excluding hydrogens is 411 g/mol. The summed E-state index contributed by atoms with van der Waals surface area (Å²) in [5.74, 6) is 0.311. The maximum absolute atomic E-state index is 13.7. The van der Waals surface area contributed by atoms with Crippen molar-refractivity contribution in [2.45, 2.75) is 44.9 Å².